The van der Waals surface area contributed by atoms with Gasteiger partial charge in [0.25, 0.3) is 5.91 Å². The van der Waals surface area contributed by atoms with Crippen LogP contribution in [0.25, 0.3) is 0 Å². The summed E-state index contributed by atoms with van der Waals surface area (Å²) >= 11 is 6.08. The molecule has 3 rings (SSSR count). The summed E-state index contributed by atoms with van der Waals surface area (Å²) in [6.45, 7) is 2.78. The zero-order valence-corrected chi connectivity index (χ0v) is 16.9. The highest BCUT2D eigenvalue weighted by Crippen LogP contribution is 2.22. The summed E-state index contributed by atoms with van der Waals surface area (Å²) in [4.78, 5) is 12.9. The van der Waals surface area contributed by atoms with Crippen molar-refractivity contribution in [1.82, 2.24) is 5.32 Å². The summed E-state index contributed by atoms with van der Waals surface area (Å²) < 4.78 is 23.6. The number of hydrogen-bond acceptors (Lipinski definition) is 4. The van der Waals surface area contributed by atoms with E-state index in [2.05, 4.69) is 5.32 Å². The Morgan fingerprint density at radius 1 is 1.11 bits per heavy atom. The van der Waals surface area contributed by atoms with Gasteiger partial charge >= 0.3 is 0 Å². The van der Waals surface area contributed by atoms with Crippen molar-refractivity contribution in [3.05, 3.63) is 82.8 Å². The van der Waals surface area contributed by atoms with Gasteiger partial charge in [0.05, 0.1) is 33.1 Å². The number of carbonyl (C=O) groups excluding carboxylic acids is 1. The number of rotatable bonds is 8. The fourth-order valence-electron chi connectivity index (χ4n) is 2.62. The molecule has 0 aliphatic heterocycles. The van der Waals surface area contributed by atoms with Crippen LogP contribution in [-0.2, 0) is 23.1 Å². The predicted octanol–water partition coefficient (Wildman–Crippen LogP) is 4.57. The van der Waals surface area contributed by atoms with Crippen molar-refractivity contribution in [2.24, 2.45) is 0 Å². The van der Waals surface area contributed by atoms with E-state index in [1.807, 2.05) is 31.2 Å². The van der Waals surface area contributed by atoms with E-state index in [0.29, 0.717) is 28.8 Å². The van der Waals surface area contributed by atoms with E-state index in [0.717, 1.165) is 11.3 Å². The van der Waals surface area contributed by atoms with Crippen LogP contribution >= 0.6 is 11.6 Å². The van der Waals surface area contributed by atoms with Crippen LogP contribution in [0, 0.1) is 0 Å². The fraction of sp³-hybridized carbons (Fsp3) is 0.190. The largest absolute Gasteiger partial charge is 0.494 e. The Hall–Kier alpha value is -2.57. The Bertz CT molecular complexity index is 986. The smallest absolute Gasteiger partial charge is 0.287 e. The lowest BCUT2D eigenvalue weighted by Crippen LogP contribution is -2.22. The Balaban J connectivity index is 1.61. The van der Waals surface area contributed by atoms with Crippen molar-refractivity contribution in [2.75, 3.05) is 6.61 Å². The third-order valence-corrected chi connectivity index (χ3v) is 5.79. The number of para-hydroxylation sites is 1. The predicted molar refractivity (Wildman–Crippen MR) is 109 cm³/mol. The van der Waals surface area contributed by atoms with Crippen LogP contribution < -0.4 is 10.1 Å². The molecule has 0 unspecified atom stereocenters. The van der Waals surface area contributed by atoms with Gasteiger partial charge in [0.1, 0.15) is 11.5 Å². The molecule has 28 heavy (non-hydrogen) atoms. The van der Waals surface area contributed by atoms with Crippen LogP contribution in [0.2, 0.25) is 5.02 Å². The lowest BCUT2D eigenvalue weighted by atomic mass is 10.2. The highest BCUT2D eigenvalue weighted by atomic mass is 35.5. The molecule has 0 radical (unpaired) electrons. The lowest BCUT2D eigenvalue weighted by molar-refractivity contribution is 0.0921. The summed E-state index contributed by atoms with van der Waals surface area (Å²) in [5.41, 5.74) is 0.879. The van der Waals surface area contributed by atoms with Gasteiger partial charge in [-0.25, -0.2) is 0 Å². The molecular weight excluding hydrogens is 398 g/mol. The van der Waals surface area contributed by atoms with Crippen LogP contribution in [0.15, 0.2) is 70.0 Å². The molecule has 3 aromatic rings. The maximum Gasteiger partial charge on any atom is 0.287 e. The summed E-state index contributed by atoms with van der Waals surface area (Å²) in [7, 11) is -1.36. The van der Waals surface area contributed by atoms with Crippen LogP contribution in [0.5, 0.6) is 5.75 Å². The fourth-order valence-corrected chi connectivity index (χ4v) is 4.10. The first kappa shape index (κ1) is 20.2. The molecule has 146 valence electrons. The average Bonchev–Trinajstić information content (AvgIpc) is 3.16. The van der Waals surface area contributed by atoms with E-state index in [1.54, 1.807) is 36.4 Å². The maximum atomic E-state index is 12.5. The van der Waals surface area contributed by atoms with Crippen LogP contribution in [0.1, 0.15) is 28.8 Å². The van der Waals surface area contributed by atoms with Crippen molar-refractivity contribution in [3.8, 4) is 5.75 Å². The molecule has 0 saturated carbocycles. The van der Waals surface area contributed by atoms with Crippen molar-refractivity contribution in [2.45, 2.75) is 24.1 Å². The molecular formula is C21H20ClNO4S. The van der Waals surface area contributed by atoms with Crippen molar-refractivity contribution in [1.29, 1.82) is 0 Å². The number of halogens is 1. The first-order valence-corrected chi connectivity index (χ1v) is 10.5. The van der Waals surface area contributed by atoms with E-state index in [4.69, 9.17) is 20.8 Å². The summed E-state index contributed by atoms with van der Waals surface area (Å²) in [5, 5.41) is 3.25. The number of amides is 1. The van der Waals surface area contributed by atoms with Gasteiger partial charge < -0.3 is 14.5 Å². The van der Waals surface area contributed by atoms with Gasteiger partial charge in [0.2, 0.25) is 0 Å². The normalized spacial score (nSPS) is 11.8. The Morgan fingerprint density at radius 2 is 1.86 bits per heavy atom. The molecule has 0 bridgehead atoms. The Labute approximate surface area is 171 Å². The SMILES string of the molecule is CCOc1ccccc1CNC(=O)c1ccc(C[S@](=O)c2ccccc2Cl)o1. The van der Waals surface area contributed by atoms with E-state index in [-0.39, 0.29) is 17.4 Å². The molecule has 2 aromatic carbocycles. The first-order valence-electron chi connectivity index (χ1n) is 8.79. The highest BCUT2D eigenvalue weighted by molar-refractivity contribution is 7.84. The molecule has 1 heterocycles. The molecule has 1 N–H and O–H groups in total. The third kappa shape index (κ3) is 5.03. The molecule has 0 spiro atoms. The molecule has 0 saturated heterocycles. The van der Waals surface area contributed by atoms with Crippen molar-refractivity contribution in [3.63, 3.8) is 0 Å². The van der Waals surface area contributed by atoms with Gasteiger partial charge in [-0.2, -0.15) is 0 Å². The standard InChI is InChI=1S/C21H20ClNO4S/c1-2-26-18-9-5-3-7-15(18)13-23-21(24)19-12-11-16(27-19)14-28(25)20-10-6-4-8-17(20)22/h3-12H,2,13-14H2,1H3,(H,23,24)/t28-/m0/s1. The van der Waals surface area contributed by atoms with E-state index < -0.39 is 10.8 Å². The monoisotopic (exact) mass is 417 g/mol. The average molecular weight is 418 g/mol. The highest BCUT2D eigenvalue weighted by Gasteiger charge is 2.15. The molecule has 7 heteroatoms. The number of furan rings is 1. The van der Waals surface area contributed by atoms with Crippen LogP contribution in [0.3, 0.4) is 0 Å². The van der Waals surface area contributed by atoms with Gasteiger partial charge in [0.15, 0.2) is 5.76 Å². The zero-order valence-electron chi connectivity index (χ0n) is 15.3. The molecule has 0 aliphatic carbocycles. The van der Waals surface area contributed by atoms with Gasteiger partial charge in [-0.15, -0.1) is 0 Å². The summed E-state index contributed by atoms with van der Waals surface area (Å²) in [6.07, 6.45) is 0. The van der Waals surface area contributed by atoms with Crippen molar-refractivity contribution >= 4 is 28.3 Å². The Morgan fingerprint density at radius 3 is 2.64 bits per heavy atom. The number of nitrogens with one attached hydrogen (secondary N) is 1. The number of ether oxygens (including phenoxy) is 1. The van der Waals surface area contributed by atoms with E-state index in [9.17, 15) is 9.00 Å². The van der Waals surface area contributed by atoms with Gasteiger partial charge in [-0.3, -0.25) is 9.00 Å². The first-order chi connectivity index (χ1) is 13.6. The Kier molecular flexibility index (Phi) is 6.90. The minimum absolute atomic E-state index is 0.143. The number of hydrogen-bond donors (Lipinski definition) is 1. The van der Waals surface area contributed by atoms with Gasteiger partial charge in [-0.05, 0) is 37.3 Å². The minimum atomic E-state index is -1.36. The van der Waals surface area contributed by atoms with Crippen LogP contribution in [0.4, 0.5) is 0 Å². The summed E-state index contributed by atoms with van der Waals surface area (Å²) in [6, 6.07) is 17.7. The topological polar surface area (TPSA) is 68.5 Å². The quantitative estimate of drug-likeness (QED) is 0.583. The number of carbonyl (C=O) groups is 1. The molecule has 1 atom stereocenters. The van der Waals surface area contributed by atoms with Gasteiger partial charge in [-0.1, -0.05) is 41.9 Å². The van der Waals surface area contributed by atoms with E-state index >= 15 is 0 Å². The zero-order chi connectivity index (χ0) is 19.9. The second kappa shape index (κ2) is 9.57. The molecule has 0 aliphatic rings. The van der Waals surface area contributed by atoms with Crippen molar-refractivity contribution < 1.29 is 18.2 Å². The minimum Gasteiger partial charge on any atom is -0.494 e. The third-order valence-electron chi connectivity index (χ3n) is 3.95. The van der Waals surface area contributed by atoms with E-state index in [1.165, 1.54) is 0 Å². The van der Waals surface area contributed by atoms with Crippen LogP contribution in [-0.4, -0.2) is 16.7 Å². The number of benzene rings is 2. The second-order valence-electron chi connectivity index (χ2n) is 5.91. The molecule has 1 aromatic heterocycles. The van der Waals surface area contributed by atoms with Gasteiger partial charge in [0, 0.05) is 12.1 Å². The lowest BCUT2D eigenvalue weighted by Gasteiger charge is -2.10. The second-order valence-corrected chi connectivity index (χ2v) is 7.74. The summed E-state index contributed by atoms with van der Waals surface area (Å²) in [5.74, 6) is 1.16. The maximum absolute atomic E-state index is 12.5. The molecule has 5 nitrogen and oxygen atoms in total. The molecule has 1 amide bonds. The molecule has 0 fully saturated rings.